The molecular weight excluding hydrogens is 278 g/mol. The van der Waals surface area contributed by atoms with E-state index in [1.807, 2.05) is 11.8 Å². The lowest BCUT2D eigenvalue weighted by atomic mass is 9.76. The van der Waals surface area contributed by atoms with Crippen molar-refractivity contribution in [2.45, 2.75) is 45.1 Å². The van der Waals surface area contributed by atoms with Crippen LogP contribution in [0.5, 0.6) is 5.75 Å². The van der Waals surface area contributed by atoms with Crippen LogP contribution in [0.1, 0.15) is 48.0 Å². The van der Waals surface area contributed by atoms with Crippen LogP contribution in [0.2, 0.25) is 0 Å². The first-order chi connectivity index (χ1) is 10.6. The fourth-order valence-corrected chi connectivity index (χ4v) is 4.29. The topological polar surface area (TPSA) is 49.8 Å². The molecule has 1 heterocycles. The molecule has 2 fully saturated rings. The monoisotopic (exact) mass is 303 g/mol. The van der Waals surface area contributed by atoms with Gasteiger partial charge in [0.05, 0.1) is 6.10 Å². The summed E-state index contributed by atoms with van der Waals surface area (Å²) in [7, 11) is 1.79. The molecule has 1 saturated heterocycles. The lowest BCUT2D eigenvalue weighted by molar-refractivity contribution is -0.0295. The second-order valence-electron chi connectivity index (χ2n) is 6.81. The lowest BCUT2D eigenvalue weighted by Crippen LogP contribution is -2.49. The number of aryl methyl sites for hydroxylation is 1. The second kappa shape index (κ2) is 5.92. The van der Waals surface area contributed by atoms with Gasteiger partial charge >= 0.3 is 0 Å². The maximum atomic E-state index is 12.9. The van der Waals surface area contributed by atoms with E-state index in [4.69, 9.17) is 4.74 Å². The van der Waals surface area contributed by atoms with Crippen LogP contribution >= 0.6 is 0 Å². The number of nitrogens with zero attached hydrogens (tertiary/aromatic N) is 1. The van der Waals surface area contributed by atoms with Crippen molar-refractivity contribution < 1.29 is 14.6 Å². The number of hydrogen-bond donors (Lipinski definition) is 1. The highest BCUT2D eigenvalue weighted by Gasteiger charge is 2.46. The third-order valence-corrected chi connectivity index (χ3v) is 5.46. The number of carbonyl (C=O) groups excluding carboxylic acids is 1. The highest BCUT2D eigenvalue weighted by Crippen LogP contribution is 2.46. The van der Waals surface area contributed by atoms with Crippen LogP contribution in [0.3, 0.4) is 0 Å². The van der Waals surface area contributed by atoms with Crippen LogP contribution in [0.25, 0.3) is 0 Å². The number of phenols is 1. The molecule has 4 nitrogen and oxygen atoms in total. The van der Waals surface area contributed by atoms with Gasteiger partial charge < -0.3 is 14.7 Å². The zero-order valence-electron chi connectivity index (χ0n) is 13.5. The maximum absolute atomic E-state index is 12.9. The summed E-state index contributed by atoms with van der Waals surface area (Å²) in [5.41, 5.74) is 1.66. The van der Waals surface area contributed by atoms with Crippen LogP contribution in [-0.2, 0) is 4.74 Å². The Hall–Kier alpha value is -1.55. The first-order valence-corrected chi connectivity index (χ1v) is 8.17. The number of ether oxygens (including phenoxy) is 1. The van der Waals surface area contributed by atoms with Gasteiger partial charge in [0.25, 0.3) is 5.91 Å². The minimum atomic E-state index is 0.0363. The number of benzene rings is 1. The van der Waals surface area contributed by atoms with E-state index in [0.717, 1.165) is 44.3 Å². The molecule has 120 valence electrons. The van der Waals surface area contributed by atoms with Gasteiger partial charge in [0.2, 0.25) is 0 Å². The molecule has 2 aliphatic rings. The summed E-state index contributed by atoms with van der Waals surface area (Å²) in [5.74, 6) is 0.186. The van der Waals surface area contributed by atoms with Gasteiger partial charge in [-0.25, -0.2) is 0 Å². The molecule has 1 aliphatic heterocycles. The van der Waals surface area contributed by atoms with Gasteiger partial charge in [0, 0.05) is 31.2 Å². The molecule has 22 heavy (non-hydrogen) atoms. The number of aromatic hydroxyl groups is 1. The number of rotatable bonds is 2. The van der Waals surface area contributed by atoms with Crippen molar-refractivity contribution in [3.8, 4) is 5.75 Å². The van der Waals surface area contributed by atoms with Gasteiger partial charge in [-0.05, 0) is 50.3 Å². The summed E-state index contributed by atoms with van der Waals surface area (Å²) < 4.78 is 5.70. The van der Waals surface area contributed by atoms with E-state index in [0.29, 0.717) is 5.56 Å². The summed E-state index contributed by atoms with van der Waals surface area (Å²) in [6.45, 7) is 3.49. The molecule has 1 aliphatic carbocycles. The Morgan fingerprint density at radius 2 is 2.14 bits per heavy atom. The highest BCUT2D eigenvalue weighted by molar-refractivity contribution is 5.96. The van der Waals surface area contributed by atoms with E-state index in [1.54, 1.807) is 25.3 Å². The molecular formula is C18H25NO3. The molecule has 0 aromatic heterocycles. The van der Waals surface area contributed by atoms with Gasteiger partial charge in [0.1, 0.15) is 5.75 Å². The largest absolute Gasteiger partial charge is 0.508 e. The van der Waals surface area contributed by atoms with Crippen molar-refractivity contribution in [2.75, 3.05) is 20.2 Å². The molecule has 0 bridgehead atoms. The fraction of sp³-hybridized carbons (Fsp3) is 0.611. The molecule has 1 N–H and O–H groups in total. The molecule has 3 rings (SSSR count). The number of amides is 1. The number of hydrogen-bond acceptors (Lipinski definition) is 3. The maximum Gasteiger partial charge on any atom is 0.254 e. The molecule has 0 unspecified atom stereocenters. The SMILES string of the molecule is CO[C@@H]1CCC[C@]12CCCN(C(=O)c1cc(O)ccc1C)C2. The van der Waals surface area contributed by atoms with Crippen molar-refractivity contribution in [1.82, 2.24) is 4.90 Å². The Morgan fingerprint density at radius 3 is 2.91 bits per heavy atom. The Labute approximate surface area is 132 Å². The number of likely N-dealkylation sites (tertiary alicyclic amines) is 1. The van der Waals surface area contributed by atoms with E-state index in [-0.39, 0.29) is 23.2 Å². The quantitative estimate of drug-likeness (QED) is 0.913. The normalized spacial score (nSPS) is 28.3. The lowest BCUT2D eigenvalue weighted by Gasteiger charge is -2.43. The molecule has 1 saturated carbocycles. The standard InChI is InChI=1S/C18H25NO3/c1-13-6-7-14(20)11-15(13)17(21)19-10-4-9-18(12-19)8-3-5-16(18)22-2/h6-7,11,16,20H,3-5,8-10,12H2,1-2H3/t16-,18-/m1/s1. The number of methoxy groups -OCH3 is 1. The van der Waals surface area contributed by atoms with Crippen molar-refractivity contribution >= 4 is 5.91 Å². The van der Waals surface area contributed by atoms with Gasteiger partial charge in [0.15, 0.2) is 0 Å². The molecule has 0 radical (unpaired) electrons. The minimum Gasteiger partial charge on any atom is -0.508 e. The van der Waals surface area contributed by atoms with Crippen LogP contribution in [0.15, 0.2) is 18.2 Å². The van der Waals surface area contributed by atoms with Crippen LogP contribution in [-0.4, -0.2) is 42.2 Å². The molecule has 1 amide bonds. The first kappa shape index (κ1) is 15.3. The second-order valence-corrected chi connectivity index (χ2v) is 6.81. The molecule has 1 aromatic rings. The first-order valence-electron chi connectivity index (χ1n) is 8.17. The smallest absolute Gasteiger partial charge is 0.254 e. The molecule has 1 aromatic carbocycles. The van der Waals surface area contributed by atoms with E-state index in [2.05, 4.69) is 0 Å². The minimum absolute atomic E-state index is 0.0363. The van der Waals surface area contributed by atoms with Gasteiger partial charge in [-0.15, -0.1) is 0 Å². The Bertz CT molecular complexity index is 571. The van der Waals surface area contributed by atoms with Gasteiger partial charge in [-0.2, -0.15) is 0 Å². The average Bonchev–Trinajstić information content (AvgIpc) is 2.91. The number of carbonyl (C=O) groups is 1. The molecule has 2 atom stereocenters. The zero-order valence-corrected chi connectivity index (χ0v) is 13.5. The third kappa shape index (κ3) is 2.60. The van der Waals surface area contributed by atoms with Gasteiger partial charge in [-0.3, -0.25) is 4.79 Å². The van der Waals surface area contributed by atoms with Crippen molar-refractivity contribution in [3.05, 3.63) is 29.3 Å². The number of piperidine rings is 1. The Balaban J connectivity index is 1.83. The van der Waals surface area contributed by atoms with Crippen molar-refractivity contribution in [3.63, 3.8) is 0 Å². The average molecular weight is 303 g/mol. The van der Waals surface area contributed by atoms with E-state index < -0.39 is 0 Å². The zero-order chi connectivity index (χ0) is 15.7. The van der Waals surface area contributed by atoms with E-state index >= 15 is 0 Å². The predicted molar refractivity (Wildman–Crippen MR) is 85.1 cm³/mol. The third-order valence-electron chi connectivity index (χ3n) is 5.46. The van der Waals surface area contributed by atoms with Crippen molar-refractivity contribution in [1.29, 1.82) is 0 Å². The summed E-state index contributed by atoms with van der Waals surface area (Å²) in [6, 6.07) is 5.01. The van der Waals surface area contributed by atoms with E-state index in [1.165, 1.54) is 6.42 Å². The summed E-state index contributed by atoms with van der Waals surface area (Å²) in [5, 5.41) is 9.68. The summed E-state index contributed by atoms with van der Waals surface area (Å²) in [4.78, 5) is 14.8. The molecule has 4 heteroatoms. The molecule has 1 spiro atoms. The predicted octanol–water partition coefficient (Wildman–Crippen LogP) is 3.12. The summed E-state index contributed by atoms with van der Waals surface area (Å²) in [6.07, 6.45) is 5.88. The number of phenolic OH excluding ortho intramolecular Hbond substituents is 1. The van der Waals surface area contributed by atoms with Gasteiger partial charge in [-0.1, -0.05) is 12.5 Å². The highest BCUT2D eigenvalue weighted by atomic mass is 16.5. The Kier molecular flexibility index (Phi) is 4.13. The van der Waals surface area contributed by atoms with E-state index in [9.17, 15) is 9.90 Å². The van der Waals surface area contributed by atoms with Crippen molar-refractivity contribution in [2.24, 2.45) is 5.41 Å². The summed E-state index contributed by atoms with van der Waals surface area (Å²) >= 11 is 0. The Morgan fingerprint density at radius 1 is 1.36 bits per heavy atom. The van der Waals surface area contributed by atoms with Crippen LogP contribution < -0.4 is 0 Å². The van der Waals surface area contributed by atoms with Crippen LogP contribution in [0, 0.1) is 12.3 Å². The fourth-order valence-electron chi connectivity index (χ4n) is 4.29. The van der Waals surface area contributed by atoms with Crippen LogP contribution in [0.4, 0.5) is 0 Å².